The molecule has 26 heavy (non-hydrogen) atoms. The van der Waals surface area contributed by atoms with Crippen LogP contribution in [-0.4, -0.2) is 23.4 Å². The number of thiophene rings is 1. The first-order valence-corrected chi connectivity index (χ1v) is 11.1. The van der Waals surface area contributed by atoms with Crippen molar-refractivity contribution in [1.82, 2.24) is 9.78 Å². The van der Waals surface area contributed by atoms with Gasteiger partial charge in [0.15, 0.2) is 9.84 Å². The summed E-state index contributed by atoms with van der Waals surface area (Å²) in [5.41, 5.74) is 3.83. The van der Waals surface area contributed by atoms with Crippen LogP contribution in [0.3, 0.4) is 0 Å². The van der Waals surface area contributed by atoms with E-state index in [9.17, 15) is 8.42 Å². The second kappa shape index (κ2) is 7.55. The third-order valence-corrected chi connectivity index (χ3v) is 8.55. The van der Waals surface area contributed by atoms with Crippen molar-refractivity contribution in [2.24, 2.45) is 0 Å². The molecule has 0 aliphatic rings. The van der Waals surface area contributed by atoms with Crippen molar-refractivity contribution in [2.75, 3.05) is 0 Å². The normalized spacial score (nSPS) is 13.1. The molecular weight excluding hydrogens is 388 g/mol. The molecule has 3 rings (SSSR count). The fourth-order valence-electron chi connectivity index (χ4n) is 2.99. The van der Waals surface area contributed by atoms with Gasteiger partial charge in [0.1, 0.15) is 4.21 Å². The predicted molar refractivity (Wildman–Crippen MR) is 107 cm³/mol. The molecule has 0 saturated heterocycles. The Balaban J connectivity index is 1.86. The molecule has 1 aromatic carbocycles. The second-order valence-electron chi connectivity index (χ2n) is 6.39. The highest BCUT2D eigenvalue weighted by Crippen LogP contribution is 2.26. The maximum absolute atomic E-state index is 12.7. The topological polar surface area (TPSA) is 52.0 Å². The molecule has 0 fully saturated rings. The van der Waals surface area contributed by atoms with E-state index in [1.165, 1.54) is 11.3 Å². The maximum Gasteiger partial charge on any atom is 0.190 e. The summed E-state index contributed by atoms with van der Waals surface area (Å²) in [6.45, 7) is 6.24. The highest BCUT2D eigenvalue weighted by Gasteiger charge is 2.26. The van der Waals surface area contributed by atoms with Gasteiger partial charge in [-0.2, -0.15) is 5.10 Å². The Bertz CT molecular complexity index is 1010. The molecule has 2 heterocycles. The number of aryl methyl sites for hydroxylation is 1. The Kier molecular flexibility index (Phi) is 5.55. The molecule has 0 saturated carbocycles. The molecule has 0 aliphatic carbocycles. The summed E-state index contributed by atoms with van der Waals surface area (Å²) in [4.78, 5) is 0. The Morgan fingerprint density at radius 2 is 1.92 bits per heavy atom. The van der Waals surface area contributed by atoms with Crippen LogP contribution < -0.4 is 0 Å². The van der Waals surface area contributed by atoms with E-state index < -0.39 is 15.1 Å². The van der Waals surface area contributed by atoms with E-state index in [0.29, 0.717) is 22.2 Å². The van der Waals surface area contributed by atoms with Crippen molar-refractivity contribution < 1.29 is 8.42 Å². The number of nitrogens with zero attached hydrogens (tertiary/aromatic N) is 2. The summed E-state index contributed by atoms with van der Waals surface area (Å²) in [6, 6.07) is 11.1. The van der Waals surface area contributed by atoms with Gasteiger partial charge in [-0.1, -0.05) is 35.9 Å². The average Bonchev–Trinajstić information content (AvgIpc) is 3.22. The Morgan fingerprint density at radius 3 is 2.58 bits per heavy atom. The molecule has 0 amide bonds. The van der Waals surface area contributed by atoms with Gasteiger partial charge in [-0.25, -0.2) is 8.42 Å². The van der Waals surface area contributed by atoms with Crippen LogP contribution in [0.25, 0.3) is 0 Å². The van der Waals surface area contributed by atoms with Crippen molar-refractivity contribution in [2.45, 2.75) is 43.2 Å². The molecule has 4 nitrogen and oxygen atoms in total. The molecular formula is C19H21ClN2O2S2. The fraction of sp³-hybridized carbons (Fsp3) is 0.316. The molecule has 3 aromatic rings. The maximum atomic E-state index is 12.7. The Morgan fingerprint density at radius 1 is 1.19 bits per heavy atom. The van der Waals surface area contributed by atoms with E-state index in [1.807, 2.05) is 42.8 Å². The zero-order valence-corrected chi connectivity index (χ0v) is 17.3. The van der Waals surface area contributed by atoms with Gasteiger partial charge in [-0.15, -0.1) is 11.3 Å². The summed E-state index contributed by atoms with van der Waals surface area (Å²) >= 11 is 7.52. The molecule has 0 spiro atoms. The minimum absolute atomic E-state index is 0.420. The number of rotatable bonds is 6. The van der Waals surface area contributed by atoms with Crippen molar-refractivity contribution >= 4 is 32.8 Å². The highest BCUT2D eigenvalue weighted by atomic mass is 35.5. The van der Waals surface area contributed by atoms with Gasteiger partial charge < -0.3 is 0 Å². The molecule has 0 aliphatic heterocycles. The molecule has 2 aromatic heterocycles. The van der Waals surface area contributed by atoms with Crippen molar-refractivity contribution in [3.8, 4) is 0 Å². The largest absolute Gasteiger partial charge is 0.265 e. The van der Waals surface area contributed by atoms with Gasteiger partial charge in [0.2, 0.25) is 0 Å². The molecule has 7 heteroatoms. The van der Waals surface area contributed by atoms with Gasteiger partial charge in [0.25, 0.3) is 0 Å². The first kappa shape index (κ1) is 19.1. The lowest BCUT2D eigenvalue weighted by molar-refractivity contribution is 0.584. The fourth-order valence-corrected chi connectivity index (χ4v) is 5.88. The van der Waals surface area contributed by atoms with Crippen molar-refractivity contribution in [3.63, 3.8) is 0 Å². The third-order valence-electron chi connectivity index (χ3n) is 4.61. The van der Waals surface area contributed by atoms with Crippen LogP contribution in [0.2, 0.25) is 5.02 Å². The Hall–Kier alpha value is -1.63. The number of hydrogen-bond donors (Lipinski definition) is 0. The van der Waals surface area contributed by atoms with Crippen molar-refractivity contribution in [1.29, 1.82) is 0 Å². The average molecular weight is 409 g/mol. The monoisotopic (exact) mass is 408 g/mol. The molecule has 0 radical (unpaired) electrons. The van der Waals surface area contributed by atoms with Crippen molar-refractivity contribution in [3.05, 3.63) is 69.3 Å². The predicted octanol–water partition coefficient (Wildman–Crippen LogP) is 4.67. The lowest BCUT2D eigenvalue weighted by Gasteiger charge is -2.12. The number of sulfone groups is 1. The highest BCUT2D eigenvalue weighted by molar-refractivity contribution is 7.94. The van der Waals surface area contributed by atoms with Crippen LogP contribution in [0, 0.1) is 13.8 Å². The molecule has 0 N–H and O–H groups in total. The standard InChI is InChI=1S/C19H21ClN2O2S2/c1-13(26(23,24)19-9-6-10-25-19)11-17-14(2)21-22(15(17)3)12-16-7-4-5-8-18(16)20/h4-10,13H,11-12H2,1-3H3. The zero-order chi connectivity index (χ0) is 18.9. The minimum Gasteiger partial charge on any atom is -0.265 e. The summed E-state index contributed by atoms with van der Waals surface area (Å²) in [6.07, 6.45) is 0.445. The van der Waals surface area contributed by atoms with Gasteiger partial charge in [-0.3, -0.25) is 4.68 Å². The Labute approximate surface area is 163 Å². The minimum atomic E-state index is -3.32. The number of aromatic nitrogens is 2. The molecule has 138 valence electrons. The van der Waals surface area contributed by atoms with Gasteiger partial charge in [0.05, 0.1) is 17.5 Å². The lowest BCUT2D eigenvalue weighted by Crippen LogP contribution is -2.20. The lowest BCUT2D eigenvalue weighted by atomic mass is 10.1. The third kappa shape index (κ3) is 3.72. The van der Waals surface area contributed by atoms with Gasteiger partial charge >= 0.3 is 0 Å². The summed E-state index contributed by atoms with van der Waals surface area (Å²) in [5.74, 6) is 0. The van der Waals surface area contributed by atoms with Crippen LogP contribution in [0.4, 0.5) is 0 Å². The van der Waals surface area contributed by atoms with Crippen LogP contribution in [0.15, 0.2) is 46.0 Å². The van der Waals surface area contributed by atoms with E-state index in [-0.39, 0.29) is 0 Å². The molecule has 1 unspecified atom stereocenters. The van der Waals surface area contributed by atoms with Crippen LogP contribution in [-0.2, 0) is 22.8 Å². The molecule has 0 bridgehead atoms. The number of hydrogen-bond acceptors (Lipinski definition) is 4. The molecule has 1 atom stereocenters. The quantitative estimate of drug-likeness (QED) is 0.595. The van der Waals surface area contributed by atoms with E-state index in [4.69, 9.17) is 11.6 Å². The van der Waals surface area contributed by atoms with Gasteiger partial charge in [-0.05, 0) is 55.8 Å². The van der Waals surface area contributed by atoms with E-state index in [1.54, 1.807) is 24.4 Å². The summed E-state index contributed by atoms with van der Waals surface area (Å²) in [5, 5.41) is 6.60. The first-order valence-electron chi connectivity index (χ1n) is 8.34. The first-order chi connectivity index (χ1) is 12.3. The van der Waals surface area contributed by atoms with Crippen LogP contribution in [0.1, 0.15) is 29.4 Å². The number of halogens is 1. The zero-order valence-electron chi connectivity index (χ0n) is 14.9. The van der Waals surface area contributed by atoms with Crippen LogP contribution >= 0.6 is 22.9 Å². The van der Waals surface area contributed by atoms with E-state index >= 15 is 0 Å². The van der Waals surface area contributed by atoms with E-state index in [0.717, 1.165) is 22.5 Å². The summed E-state index contributed by atoms with van der Waals surface area (Å²) < 4.78 is 27.8. The SMILES string of the molecule is Cc1nn(Cc2ccccc2Cl)c(C)c1CC(C)S(=O)(=O)c1cccs1. The van der Waals surface area contributed by atoms with Crippen LogP contribution in [0.5, 0.6) is 0 Å². The smallest absolute Gasteiger partial charge is 0.190 e. The second-order valence-corrected chi connectivity index (χ2v) is 10.3. The summed E-state index contributed by atoms with van der Waals surface area (Å²) in [7, 11) is -3.32. The number of benzene rings is 1. The van der Waals surface area contributed by atoms with E-state index in [2.05, 4.69) is 5.10 Å². The van der Waals surface area contributed by atoms with Gasteiger partial charge in [0, 0.05) is 10.7 Å².